The number of benzene rings is 1. The molecule has 31 heavy (non-hydrogen) atoms. The smallest absolute Gasteiger partial charge is 0.206 e. The van der Waals surface area contributed by atoms with Crippen LogP contribution in [0.1, 0.15) is 114 Å². The Kier molecular flexibility index (Phi) is 8.64. The monoisotopic (exact) mass is 438 g/mol. The van der Waals surface area contributed by atoms with Gasteiger partial charge >= 0.3 is 6.18 Å². The first-order valence-electron chi connectivity index (χ1n) is 12.4. The molecule has 0 unspecified atom stereocenters. The predicted molar refractivity (Wildman–Crippen MR) is 120 cm³/mol. The normalized spacial score (nSPS) is 27.7. The van der Waals surface area contributed by atoms with Crippen molar-refractivity contribution in [1.29, 1.82) is 0 Å². The Bertz CT molecular complexity index is 717. The largest absolute Gasteiger partial charge is 0.419 e. The van der Waals surface area contributed by atoms with Crippen molar-refractivity contribution in [3.8, 4) is 0 Å². The average molecular weight is 439 g/mol. The van der Waals surface area contributed by atoms with Gasteiger partial charge in [-0.2, -0.15) is 13.2 Å². The Balaban J connectivity index is 1.58. The number of hydrogen-bond donors (Lipinski definition) is 0. The summed E-state index contributed by atoms with van der Waals surface area (Å²) in [6.45, 7) is 4.14. The van der Waals surface area contributed by atoms with Crippen LogP contribution in [0.3, 0.4) is 0 Å². The molecule has 3 rings (SSSR count). The van der Waals surface area contributed by atoms with E-state index >= 15 is 4.39 Å². The molecule has 0 aromatic heterocycles. The van der Waals surface area contributed by atoms with Crippen LogP contribution in [-0.2, 0) is 6.18 Å². The van der Waals surface area contributed by atoms with Crippen molar-refractivity contribution in [2.75, 3.05) is 0 Å². The molecular formula is C27H38F4. The van der Waals surface area contributed by atoms with Crippen LogP contribution in [0.15, 0.2) is 18.2 Å². The molecule has 0 radical (unpaired) electrons. The van der Waals surface area contributed by atoms with Crippen LogP contribution in [-0.4, -0.2) is 0 Å². The van der Waals surface area contributed by atoms with Gasteiger partial charge in [-0.1, -0.05) is 83.1 Å². The molecule has 0 spiro atoms. The van der Waals surface area contributed by atoms with E-state index < -0.39 is 17.6 Å². The minimum Gasteiger partial charge on any atom is -0.206 e. The highest BCUT2D eigenvalue weighted by Crippen LogP contribution is 2.43. The third-order valence-corrected chi connectivity index (χ3v) is 7.83. The van der Waals surface area contributed by atoms with Gasteiger partial charge in [-0.05, 0) is 66.9 Å². The Labute approximate surface area is 185 Å². The van der Waals surface area contributed by atoms with E-state index in [0.29, 0.717) is 12.3 Å². The molecule has 4 heteroatoms. The Hall–Kier alpha value is -1.32. The predicted octanol–water partition coefficient (Wildman–Crippen LogP) is 9.54. The molecule has 0 aliphatic heterocycles. The molecular weight excluding hydrogens is 400 g/mol. The van der Waals surface area contributed by atoms with Crippen LogP contribution in [0.4, 0.5) is 17.6 Å². The average Bonchev–Trinajstić information content (AvgIpc) is 2.76. The van der Waals surface area contributed by atoms with Gasteiger partial charge in [0.15, 0.2) is 0 Å². The maximum absolute atomic E-state index is 15.0. The zero-order valence-electron chi connectivity index (χ0n) is 19.1. The van der Waals surface area contributed by atoms with Gasteiger partial charge in [0.1, 0.15) is 5.82 Å². The molecule has 2 saturated carbocycles. The molecule has 174 valence electrons. The van der Waals surface area contributed by atoms with Crippen molar-refractivity contribution in [2.45, 2.75) is 103 Å². The van der Waals surface area contributed by atoms with E-state index in [1.165, 1.54) is 57.1 Å². The zero-order chi connectivity index (χ0) is 22.4. The molecule has 0 nitrogen and oxygen atoms in total. The molecule has 0 N–H and O–H groups in total. The Morgan fingerprint density at radius 2 is 1.39 bits per heavy atom. The summed E-state index contributed by atoms with van der Waals surface area (Å²) in [6, 6.07) is 3.04. The number of rotatable bonds is 7. The van der Waals surface area contributed by atoms with Gasteiger partial charge in [0, 0.05) is 0 Å². The summed E-state index contributed by atoms with van der Waals surface area (Å²) in [5, 5.41) is 0. The van der Waals surface area contributed by atoms with E-state index in [2.05, 4.69) is 6.92 Å². The molecule has 0 bridgehead atoms. The van der Waals surface area contributed by atoms with E-state index in [1.807, 2.05) is 6.92 Å². The van der Waals surface area contributed by atoms with Crippen molar-refractivity contribution in [2.24, 2.45) is 17.8 Å². The minimum atomic E-state index is -4.68. The SMILES string of the molecule is CC/C=C/c1ccc(C2CCC(CCC3CCC(CC)CC3)CC2)c(F)c1C(F)(F)F. The maximum Gasteiger partial charge on any atom is 0.419 e. The van der Waals surface area contributed by atoms with Gasteiger partial charge in [-0.3, -0.25) is 0 Å². The van der Waals surface area contributed by atoms with E-state index in [9.17, 15) is 13.2 Å². The van der Waals surface area contributed by atoms with Gasteiger partial charge in [0.2, 0.25) is 0 Å². The molecule has 2 fully saturated rings. The van der Waals surface area contributed by atoms with Crippen molar-refractivity contribution in [3.63, 3.8) is 0 Å². The first-order chi connectivity index (χ1) is 14.8. The van der Waals surface area contributed by atoms with Crippen molar-refractivity contribution in [1.82, 2.24) is 0 Å². The molecule has 2 aliphatic rings. The van der Waals surface area contributed by atoms with Crippen LogP contribution >= 0.6 is 0 Å². The molecule has 0 saturated heterocycles. The lowest BCUT2D eigenvalue weighted by Crippen LogP contribution is -2.19. The topological polar surface area (TPSA) is 0 Å². The van der Waals surface area contributed by atoms with Crippen molar-refractivity contribution in [3.05, 3.63) is 40.7 Å². The molecule has 1 aromatic rings. The fraction of sp³-hybridized carbons (Fsp3) is 0.704. The summed E-state index contributed by atoms with van der Waals surface area (Å²) in [6.07, 6.45) is 11.9. The van der Waals surface area contributed by atoms with Crippen LogP contribution in [0, 0.1) is 23.6 Å². The molecule has 1 aromatic carbocycles. The first-order valence-corrected chi connectivity index (χ1v) is 12.4. The van der Waals surface area contributed by atoms with Gasteiger partial charge in [0.25, 0.3) is 0 Å². The first kappa shape index (κ1) is 24.3. The van der Waals surface area contributed by atoms with Crippen molar-refractivity contribution < 1.29 is 17.6 Å². The maximum atomic E-state index is 15.0. The summed E-state index contributed by atoms with van der Waals surface area (Å²) < 4.78 is 55.8. The lowest BCUT2D eigenvalue weighted by atomic mass is 9.74. The Morgan fingerprint density at radius 1 is 0.839 bits per heavy atom. The molecule has 2 aliphatic carbocycles. The third kappa shape index (κ3) is 6.35. The molecule has 0 amide bonds. The van der Waals surface area contributed by atoms with Crippen LogP contribution in [0.2, 0.25) is 0 Å². The van der Waals surface area contributed by atoms with Crippen LogP contribution in [0.5, 0.6) is 0 Å². The number of halogens is 4. The van der Waals surface area contributed by atoms with Crippen molar-refractivity contribution >= 4 is 6.08 Å². The second kappa shape index (κ2) is 11.0. The summed E-state index contributed by atoms with van der Waals surface area (Å²) in [7, 11) is 0. The highest BCUT2D eigenvalue weighted by molar-refractivity contribution is 5.56. The number of alkyl halides is 3. The van der Waals surface area contributed by atoms with Gasteiger partial charge in [0.05, 0.1) is 5.56 Å². The fourth-order valence-electron chi connectivity index (χ4n) is 5.76. The van der Waals surface area contributed by atoms with Gasteiger partial charge in [-0.15, -0.1) is 0 Å². The summed E-state index contributed by atoms with van der Waals surface area (Å²) in [5.41, 5.74) is -0.904. The number of allylic oxidation sites excluding steroid dienone is 1. The second-order valence-electron chi connectivity index (χ2n) is 9.83. The standard InChI is InChI=1S/C27H38F4/c1-3-5-6-23-17-18-24(26(28)25(23)27(29,30)31)22-15-13-21(14-16-22)12-11-20-9-7-19(4-2)8-10-20/h5-6,17-22H,3-4,7-16H2,1-2H3/b6-5+. The minimum absolute atomic E-state index is 0.0675. The van der Waals surface area contributed by atoms with Crippen LogP contribution in [0.25, 0.3) is 6.08 Å². The van der Waals surface area contributed by atoms with E-state index in [4.69, 9.17) is 0 Å². The van der Waals surface area contributed by atoms with E-state index in [-0.39, 0.29) is 17.0 Å². The van der Waals surface area contributed by atoms with E-state index in [1.54, 1.807) is 12.1 Å². The fourth-order valence-corrected chi connectivity index (χ4v) is 5.76. The van der Waals surface area contributed by atoms with Crippen LogP contribution < -0.4 is 0 Å². The summed E-state index contributed by atoms with van der Waals surface area (Å²) in [5.74, 6) is 1.28. The lowest BCUT2D eigenvalue weighted by Gasteiger charge is -2.32. The van der Waals surface area contributed by atoms with Gasteiger partial charge < -0.3 is 0 Å². The second-order valence-corrected chi connectivity index (χ2v) is 9.83. The number of hydrogen-bond acceptors (Lipinski definition) is 0. The highest BCUT2D eigenvalue weighted by Gasteiger charge is 2.38. The molecule has 0 heterocycles. The highest BCUT2D eigenvalue weighted by atomic mass is 19.4. The lowest BCUT2D eigenvalue weighted by molar-refractivity contribution is -0.140. The zero-order valence-corrected chi connectivity index (χ0v) is 19.1. The summed E-state index contributed by atoms with van der Waals surface area (Å²) >= 11 is 0. The van der Waals surface area contributed by atoms with E-state index in [0.717, 1.165) is 37.5 Å². The quantitative estimate of drug-likeness (QED) is 0.372. The molecule has 0 atom stereocenters. The third-order valence-electron chi connectivity index (χ3n) is 7.83. The Morgan fingerprint density at radius 3 is 1.90 bits per heavy atom. The summed E-state index contributed by atoms with van der Waals surface area (Å²) in [4.78, 5) is 0. The van der Waals surface area contributed by atoms with Gasteiger partial charge in [-0.25, -0.2) is 4.39 Å².